The van der Waals surface area contributed by atoms with Gasteiger partial charge in [0, 0.05) is 5.56 Å². The number of hydrogen-bond donors (Lipinski definition) is 1. The molecule has 1 heterocycles. The van der Waals surface area contributed by atoms with E-state index in [2.05, 4.69) is 11.1 Å². The van der Waals surface area contributed by atoms with E-state index in [1.807, 2.05) is 19.9 Å². The predicted molar refractivity (Wildman–Crippen MR) is 93.1 cm³/mol. The van der Waals surface area contributed by atoms with Gasteiger partial charge in [-0.1, -0.05) is 13.8 Å². The normalized spacial score (nSPS) is 10.0. The summed E-state index contributed by atoms with van der Waals surface area (Å²) >= 11 is 1.23. The minimum atomic E-state index is -0.487. The topological polar surface area (TPSA) is 89.0 Å². The Balaban J connectivity index is 0.00000264. The number of nitrogens with zero attached hydrogens (tertiary/aromatic N) is 2. The lowest BCUT2D eigenvalue weighted by Gasteiger charge is -2.10. The molecule has 1 aromatic carbocycles. The fraction of sp³-hybridized carbons (Fsp3) is 0.312. The van der Waals surface area contributed by atoms with Crippen LogP contribution in [-0.2, 0) is 0 Å². The number of carbonyl (C=O) groups is 1. The summed E-state index contributed by atoms with van der Waals surface area (Å²) in [7, 11) is 0. The lowest BCUT2D eigenvalue weighted by molar-refractivity contribution is 0.100. The predicted octanol–water partition coefficient (Wildman–Crippen LogP) is 3.55. The summed E-state index contributed by atoms with van der Waals surface area (Å²) in [4.78, 5) is 16.1. The van der Waals surface area contributed by atoms with E-state index in [1.165, 1.54) is 11.3 Å². The van der Waals surface area contributed by atoms with Gasteiger partial charge in [0.1, 0.15) is 21.7 Å². The number of rotatable bonds is 5. The third-order valence-electron chi connectivity index (χ3n) is 2.94. The molecule has 5 nitrogen and oxygen atoms in total. The summed E-state index contributed by atoms with van der Waals surface area (Å²) in [6.07, 6.45) is 0. The number of thiazole rings is 1. The molecule has 0 fully saturated rings. The van der Waals surface area contributed by atoms with Crippen LogP contribution in [0.1, 0.15) is 34.8 Å². The quantitative estimate of drug-likeness (QED) is 0.892. The van der Waals surface area contributed by atoms with Crippen LogP contribution in [0.5, 0.6) is 5.75 Å². The van der Waals surface area contributed by atoms with Crippen LogP contribution in [0.3, 0.4) is 0 Å². The number of carbonyl (C=O) groups excluding carboxylic acids is 1. The Bertz CT molecular complexity index is 750. The van der Waals surface area contributed by atoms with Crippen molar-refractivity contribution in [2.75, 3.05) is 6.61 Å². The first-order chi connectivity index (χ1) is 10.4. The van der Waals surface area contributed by atoms with Crippen LogP contribution in [0.4, 0.5) is 0 Å². The molecule has 2 rings (SSSR count). The van der Waals surface area contributed by atoms with Gasteiger partial charge in [-0.2, -0.15) is 5.26 Å². The summed E-state index contributed by atoms with van der Waals surface area (Å²) in [5.74, 6) is 0.452. The molecule has 0 aliphatic carbocycles. The highest BCUT2D eigenvalue weighted by atomic mass is 35.5. The second-order valence-electron chi connectivity index (χ2n) is 5.33. The lowest BCUT2D eigenvalue weighted by Crippen LogP contribution is -2.09. The van der Waals surface area contributed by atoms with Crippen LogP contribution in [0, 0.1) is 24.2 Å². The monoisotopic (exact) mass is 351 g/mol. The third-order valence-corrected chi connectivity index (χ3v) is 4.16. The maximum atomic E-state index is 11.3. The molecular formula is C16H18ClN3O2S. The van der Waals surface area contributed by atoms with Crippen molar-refractivity contribution in [1.29, 1.82) is 5.26 Å². The number of aromatic nitrogens is 1. The van der Waals surface area contributed by atoms with E-state index in [0.717, 1.165) is 5.56 Å². The molecule has 0 unspecified atom stereocenters. The molecule has 7 heteroatoms. The van der Waals surface area contributed by atoms with Crippen molar-refractivity contribution in [2.45, 2.75) is 20.8 Å². The minimum Gasteiger partial charge on any atom is -0.492 e. The fourth-order valence-electron chi connectivity index (χ4n) is 1.88. The number of nitrogens with two attached hydrogens (primary N) is 1. The summed E-state index contributed by atoms with van der Waals surface area (Å²) < 4.78 is 5.63. The molecule has 23 heavy (non-hydrogen) atoms. The summed E-state index contributed by atoms with van der Waals surface area (Å²) in [5, 5.41) is 9.95. The minimum absolute atomic E-state index is 0. The molecule has 0 aliphatic rings. The standard InChI is InChI=1S/C16H17N3O2S.ClH/c1-9(2)8-21-13-5-4-11(6-12(13)7-17)16-19-10(3)14(22-16)15(18)20;/h4-6,9H,8H2,1-3H3,(H2,18,20);1H. The summed E-state index contributed by atoms with van der Waals surface area (Å²) in [5.41, 5.74) is 7.14. The van der Waals surface area contributed by atoms with Gasteiger partial charge in [-0.05, 0) is 31.0 Å². The third kappa shape index (κ3) is 4.44. The van der Waals surface area contributed by atoms with Crippen molar-refractivity contribution in [2.24, 2.45) is 11.7 Å². The van der Waals surface area contributed by atoms with Gasteiger partial charge in [0.15, 0.2) is 0 Å². The van der Waals surface area contributed by atoms with E-state index in [1.54, 1.807) is 19.1 Å². The zero-order valence-electron chi connectivity index (χ0n) is 13.1. The van der Waals surface area contributed by atoms with E-state index in [9.17, 15) is 10.1 Å². The van der Waals surface area contributed by atoms with E-state index in [4.69, 9.17) is 10.5 Å². The Kier molecular flexibility index (Phi) is 6.55. The van der Waals surface area contributed by atoms with Crippen LogP contribution < -0.4 is 10.5 Å². The highest BCUT2D eigenvalue weighted by Crippen LogP contribution is 2.31. The number of benzene rings is 1. The van der Waals surface area contributed by atoms with Crippen LogP contribution in [0.25, 0.3) is 10.6 Å². The van der Waals surface area contributed by atoms with Crippen molar-refractivity contribution in [3.05, 3.63) is 34.3 Å². The van der Waals surface area contributed by atoms with E-state index < -0.39 is 5.91 Å². The van der Waals surface area contributed by atoms with E-state index in [0.29, 0.717) is 39.4 Å². The van der Waals surface area contributed by atoms with Crippen molar-refractivity contribution in [3.63, 3.8) is 0 Å². The molecule has 0 radical (unpaired) electrons. The van der Waals surface area contributed by atoms with Gasteiger partial charge in [-0.15, -0.1) is 23.7 Å². The number of nitriles is 1. The number of aryl methyl sites for hydroxylation is 1. The maximum absolute atomic E-state index is 11.3. The zero-order valence-corrected chi connectivity index (χ0v) is 14.8. The number of primary amides is 1. The number of amides is 1. The van der Waals surface area contributed by atoms with Gasteiger partial charge >= 0.3 is 0 Å². The molecule has 0 atom stereocenters. The highest BCUT2D eigenvalue weighted by molar-refractivity contribution is 7.17. The fourth-order valence-corrected chi connectivity index (χ4v) is 2.80. The molecule has 0 bridgehead atoms. The Hall–Kier alpha value is -2.10. The molecule has 2 N–H and O–H groups in total. The van der Waals surface area contributed by atoms with Crippen LogP contribution in [0.15, 0.2) is 18.2 Å². The smallest absolute Gasteiger partial charge is 0.260 e. The Morgan fingerprint density at radius 2 is 2.17 bits per heavy atom. The van der Waals surface area contributed by atoms with Crippen LogP contribution >= 0.6 is 23.7 Å². The van der Waals surface area contributed by atoms with Crippen molar-refractivity contribution < 1.29 is 9.53 Å². The number of hydrogen-bond acceptors (Lipinski definition) is 5. The second-order valence-corrected chi connectivity index (χ2v) is 6.32. The second kappa shape index (κ2) is 7.95. The van der Waals surface area contributed by atoms with Gasteiger partial charge in [0.25, 0.3) is 5.91 Å². The molecule has 1 aromatic heterocycles. The number of halogens is 1. The molecule has 0 spiro atoms. The Labute approximate surface area is 145 Å². The SMILES string of the molecule is Cc1nc(-c2ccc(OCC(C)C)c(C#N)c2)sc1C(N)=O.Cl. The molecular weight excluding hydrogens is 334 g/mol. The largest absolute Gasteiger partial charge is 0.492 e. The van der Waals surface area contributed by atoms with E-state index in [-0.39, 0.29) is 12.4 Å². The van der Waals surface area contributed by atoms with Crippen molar-refractivity contribution in [3.8, 4) is 22.4 Å². The average molecular weight is 352 g/mol. The molecule has 122 valence electrons. The van der Waals surface area contributed by atoms with Gasteiger partial charge in [-0.3, -0.25) is 4.79 Å². The van der Waals surface area contributed by atoms with Gasteiger partial charge < -0.3 is 10.5 Å². The number of ether oxygens (including phenoxy) is 1. The van der Waals surface area contributed by atoms with Crippen molar-refractivity contribution in [1.82, 2.24) is 4.98 Å². The summed E-state index contributed by atoms with van der Waals surface area (Å²) in [6.45, 7) is 6.38. The van der Waals surface area contributed by atoms with Gasteiger partial charge in [0.05, 0.1) is 17.9 Å². The first-order valence-electron chi connectivity index (χ1n) is 6.87. The van der Waals surface area contributed by atoms with Crippen LogP contribution in [-0.4, -0.2) is 17.5 Å². The Morgan fingerprint density at radius 3 is 2.70 bits per heavy atom. The molecule has 0 saturated carbocycles. The van der Waals surface area contributed by atoms with E-state index >= 15 is 0 Å². The molecule has 2 aromatic rings. The van der Waals surface area contributed by atoms with Crippen LogP contribution in [0.2, 0.25) is 0 Å². The van der Waals surface area contributed by atoms with Gasteiger partial charge in [-0.25, -0.2) is 4.98 Å². The van der Waals surface area contributed by atoms with Gasteiger partial charge in [0.2, 0.25) is 0 Å². The van der Waals surface area contributed by atoms with Crippen molar-refractivity contribution >= 4 is 29.7 Å². The molecule has 1 amide bonds. The first-order valence-corrected chi connectivity index (χ1v) is 7.68. The molecule has 0 aliphatic heterocycles. The molecule has 0 saturated heterocycles. The average Bonchev–Trinajstić information content (AvgIpc) is 2.87. The lowest BCUT2D eigenvalue weighted by atomic mass is 10.1. The summed E-state index contributed by atoms with van der Waals surface area (Å²) in [6, 6.07) is 7.45. The zero-order chi connectivity index (χ0) is 16.3. The maximum Gasteiger partial charge on any atom is 0.260 e. The Morgan fingerprint density at radius 1 is 1.48 bits per heavy atom. The first kappa shape index (κ1) is 18.9. The highest BCUT2D eigenvalue weighted by Gasteiger charge is 2.15.